The first-order chi connectivity index (χ1) is 12.1. The Morgan fingerprint density at radius 2 is 1.84 bits per heavy atom. The molecule has 0 bridgehead atoms. The molecule has 0 saturated heterocycles. The van der Waals surface area contributed by atoms with Crippen LogP contribution >= 0.6 is 0 Å². The minimum atomic E-state index is -0.545. The topological polar surface area (TPSA) is 56.2 Å². The van der Waals surface area contributed by atoms with Gasteiger partial charge in [0.15, 0.2) is 6.10 Å². The number of carbonyl (C=O) groups is 1. The molecule has 25 heavy (non-hydrogen) atoms. The van der Waals surface area contributed by atoms with E-state index < -0.39 is 6.10 Å². The molecule has 5 nitrogen and oxygen atoms in total. The van der Waals surface area contributed by atoms with Crippen molar-refractivity contribution in [3.63, 3.8) is 0 Å². The molecule has 0 saturated carbocycles. The lowest BCUT2D eigenvalue weighted by Gasteiger charge is -2.16. The van der Waals surface area contributed by atoms with Gasteiger partial charge in [-0.25, -0.2) is 4.68 Å². The standard InChI is InChI=1S/C20H19N3O2/c1-13-12-21-23(15-8-4-3-5-9-15)19(13)22-20(24)18-14(2)16-10-6-7-11-17(16)25-18/h3-12,14,18H,1-2H3,(H,22,24)/t14-,18+/m0/s1. The van der Waals surface area contributed by atoms with E-state index in [0.29, 0.717) is 5.82 Å². The number of hydrogen-bond acceptors (Lipinski definition) is 3. The highest BCUT2D eigenvalue weighted by Gasteiger charge is 2.36. The zero-order valence-electron chi connectivity index (χ0n) is 14.1. The number of nitrogens with one attached hydrogen (secondary N) is 1. The maximum Gasteiger partial charge on any atom is 0.267 e. The molecule has 0 aliphatic carbocycles. The first-order valence-electron chi connectivity index (χ1n) is 8.31. The van der Waals surface area contributed by atoms with Gasteiger partial charge in [0, 0.05) is 17.0 Å². The predicted molar refractivity (Wildman–Crippen MR) is 96.2 cm³/mol. The SMILES string of the molecule is Cc1cnn(-c2ccccc2)c1NC(=O)[C@@H]1Oc2ccccc2[C@@H]1C. The molecular weight excluding hydrogens is 314 g/mol. The van der Waals surface area contributed by atoms with E-state index >= 15 is 0 Å². The summed E-state index contributed by atoms with van der Waals surface area (Å²) in [4.78, 5) is 12.9. The number of para-hydroxylation sites is 2. The van der Waals surface area contributed by atoms with Crippen LogP contribution in [0.3, 0.4) is 0 Å². The van der Waals surface area contributed by atoms with Gasteiger partial charge in [-0.1, -0.05) is 43.3 Å². The first kappa shape index (κ1) is 15.4. The average Bonchev–Trinajstić information content (AvgIpc) is 3.17. The molecule has 1 N–H and O–H groups in total. The van der Waals surface area contributed by atoms with Gasteiger partial charge in [-0.15, -0.1) is 0 Å². The molecule has 1 aromatic heterocycles. The zero-order valence-corrected chi connectivity index (χ0v) is 14.1. The molecule has 1 aliphatic rings. The van der Waals surface area contributed by atoms with Gasteiger partial charge in [0.25, 0.3) is 5.91 Å². The van der Waals surface area contributed by atoms with Crippen LogP contribution in [0.1, 0.15) is 24.0 Å². The third-order valence-corrected chi connectivity index (χ3v) is 4.57. The van der Waals surface area contributed by atoms with Crippen molar-refractivity contribution in [2.45, 2.75) is 25.9 Å². The highest BCUT2D eigenvalue weighted by Crippen LogP contribution is 2.38. The van der Waals surface area contributed by atoms with Crippen LogP contribution in [0.4, 0.5) is 5.82 Å². The molecule has 2 atom stereocenters. The third kappa shape index (κ3) is 2.67. The van der Waals surface area contributed by atoms with E-state index in [1.54, 1.807) is 10.9 Å². The van der Waals surface area contributed by atoms with Crippen molar-refractivity contribution < 1.29 is 9.53 Å². The Kier molecular flexibility index (Phi) is 3.76. The molecule has 4 rings (SSSR count). The van der Waals surface area contributed by atoms with Crippen LogP contribution in [0.5, 0.6) is 5.75 Å². The number of aryl methyl sites for hydroxylation is 1. The molecule has 0 fully saturated rings. The van der Waals surface area contributed by atoms with Crippen molar-refractivity contribution in [1.29, 1.82) is 0 Å². The van der Waals surface area contributed by atoms with Crippen molar-refractivity contribution in [2.24, 2.45) is 0 Å². The molecule has 2 heterocycles. The van der Waals surface area contributed by atoms with E-state index in [-0.39, 0.29) is 11.8 Å². The Labute approximate surface area is 146 Å². The molecule has 0 unspecified atom stereocenters. The second-order valence-electron chi connectivity index (χ2n) is 6.28. The highest BCUT2D eigenvalue weighted by molar-refractivity contribution is 5.95. The summed E-state index contributed by atoms with van der Waals surface area (Å²) >= 11 is 0. The molecule has 1 aliphatic heterocycles. The Hall–Kier alpha value is -3.08. The van der Waals surface area contributed by atoms with E-state index in [0.717, 1.165) is 22.6 Å². The fourth-order valence-corrected chi connectivity index (χ4v) is 3.18. The highest BCUT2D eigenvalue weighted by atomic mass is 16.5. The van der Waals surface area contributed by atoms with Gasteiger partial charge in [-0.2, -0.15) is 5.10 Å². The molecule has 0 radical (unpaired) electrons. The molecule has 3 aromatic rings. The fraction of sp³-hybridized carbons (Fsp3) is 0.200. The Morgan fingerprint density at radius 3 is 2.60 bits per heavy atom. The summed E-state index contributed by atoms with van der Waals surface area (Å²) in [6, 6.07) is 17.5. The first-order valence-corrected chi connectivity index (χ1v) is 8.31. The second kappa shape index (κ2) is 6.09. The van der Waals surface area contributed by atoms with Gasteiger partial charge in [-0.05, 0) is 25.1 Å². The Balaban J connectivity index is 1.60. The molecule has 5 heteroatoms. The molecular formula is C20H19N3O2. The van der Waals surface area contributed by atoms with Crippen LogP contribution in [0, 0.1) is 6.92 Å². The lowest BCUT2D eigenvalue weighted by molar-refractivity contribution is -0.122. The number of carbonyl (C=O) groups excluding carboxylic acids is 1. The normalized spacial score (nSPS) is 18.5. The summed E-state index contributed by atoms with van der Waals surface area (Å²) in [6.45, 7) is 3.94. The van der Waals surface area contributed by atoms with E-state index in [1.807, 2.05) is 68.4 Å². The van der Waals surface area contributed by atoms with Crippen LogP contribution in [0.15, 0.2) is 60.8 Å². The molecule has 2 aromatic carbocycles. The number of amides is 1. The number of nitrogens with zero attached hydrogens (tertiary/aromatic N) is 2. The average molecular weight is 333 g/mol. The maximum atomic E-state index is 12.9. The number of aromatic nitrogens is 2. The Bertz CT molecular complexity index is 918. The molecule has 1 amide bonds. The van der Waals surface area contributed by atoms with Gasteiger partial charge >= 0.3 is 0 Å². The Morgan fingerprint density at radius 1 is 1.12 bits per heavy atom. The smallest absolute Gasteiger partial charge is 0.267 e. The van der Waals surface area contributed by atoms with Crippen LogP contribution in [0.25, 0.3) is 5.69 Å². The van der Waals surface area contributed by atoms with Gasteiger partial charge in [0.05, 0.1) is 11.9 Å². The lowest BCUT2D eigenvalue weighted by Crippen LogP contribution is -2.34. The second-order valence-corrected chi connectivity index (χ2v) is 6.28. The van der Waals surface area contributed by atoms with Crippen LogP contribution in [-0.4, -0.2) is 21.8 Å². The van der Waals surface area contributed by atoms with Gasteiger partial charge in [0.1, 0.15) is 11.6 Å². The van der Waals surface area contributed by atoms with Crippen molar-refractivity contribution in [1.82, 2.24) is 9.78 Å². The summed E-state index contributed by atoms with van der Waals surface area (Å²) in [7, 11) is 0. The van der Waals surface area contributed by atoms with Gasteiger partial charge in [-0.3, -0.25) is 4.79 Å². The number of fused-ring (bicyclic) bond motifs is 1. The lowest BCUT2D eigenvalue weighted by atomic mass is 9.97. The molecule has 0 spiro atoms. The number of hydrogen-bond donors (Lipinski definition) is 1. The predicted octanol–water partition coefficient (Wildman–Crippen LogP) is 3.68. The van der Waals surface area contributed by atoms with Crippen LogP contribution in [-0.2, 0) is 4.79 Å². The number of rotatable bonds is 3. The molecule has 126 valence electrons. The number of anilines is 1. The number of ether oxygens (including phenoxy) is 1. The third-order valence-electron chi connectivity index (χ3n) is 4.57. The van der Waals surface area contributed by atoms with E-state index in [1.165, 1.54) is 0 Å². The van der Waals surface area contributed by atoms with Gasteiger partial charge < -0.3 is 10.1 Å². The van der Waals surface area contributed by atoms with Crippen molar-refractivity contribution >= 4 is 11.7 Å². The minimum absolute atomic E-state index is 0.00426. The van der Waals surface area contributed by atoms with Crippen molar-refractivity contribution in [3.05, 3.63) is 71.9 Å². The summed E-state index contributed by atoms with van der Waals surface area (Å²) in [5.74, 6) is 1.29. The fourth-order valence-electron chi connectivity index (χ4n) is 3.18. The largest absolute Gasteiger partial charge is 0.480 e. The van der Waals surface area contributed by atoms with E-state index in [2.05, 4.69) is 10.4 Å². The maximum absolute atomic E-state index is 12.9. The summed E-state index contributed by atoms with van der Waals surface area (Å²) in [5.41, 5.74) is 2.87. The van der Waals surface area contributed by atoms with Crippen LogP contribution < -0.4 is 10.1 Å². The van der Waals surface area contributed by atoms with E-state index in [9.17, 15) is 4.79 Å². The summed E-state index contributed by atoms with van der Waals surface area (Å²) in [5, 5.41) is 7.39. The zero-order chi connectivity index (χ0) is 17.4. The van der Waals surface area contributed by atoms with E-state index in [4.69, 9.17) is 4.74 Å². The van der Waals surface area contributed by atoms with Crippen molar-refractivity contribution in [3.8, 4) is 11.4 Å². The van der Waals surface area contributed by atoms with Gasteiger partial charge in [0.2, 0.25) is 0 Å². The van der Waals surface area contributed by atoms with Crippen LogP contribution in [0.2, 0.25) is 0 Å². The quantitative estimate of drug-likeness (QED) is 0.795. The van der Waals surface area contributed by atoms with Crippen molar-refractivity contribution in [2.75, 3.05) is 5.32 Å². The summed E-state index contributed by atoms with van der Waals surface area (Å²) in [6.07, 6.45) is 1.20. The monoisotopic (exact) mass is 333 g/mol. The number of benzene rings is 2. The summed E-state index contributed by atoms with van der Waals surface area (Å²) < 4.78 is 7.61. The minimum Gasteiger partial charge on any atom is -0.480 e.